The maximum atomic E-state index is 11.0. The van der Waals surface area contributed by atoms with E-state index < -0.39 is 5.97 Å². The topological polar surface area (TPSA) is 49.3 Å². The summed E-state index contributed by atoms with van der Waals surface area (Å²) in [6.45, 7) is 4.62. The summed E-state index contributed by atoms with van der Waals surface area (Å²) in [7, 11) is 0. The Bertz CT molecular complexity index is 404. The third kappa shape index (κ3) is 4.05. The van der Waals surface area contributed by atoms with E-state index in [0.717, 1.165) is 29.6 Å². The van der Waals surface area contributed by atoms with Gasteiger partial charge in [-0.25, -0.2) is 0 Å². The Balaban J connectivity index is 1.98. The van der Waals surface area contributed by atoms with Crippen molar-refractivity contribution in [1.82, 2.24) is 5.32 Å². The second kappa shape index (κ2) is 6.53. The summed E-state index contributed by atoms with van der Waals surface area (Å²) < 4.78 is 0. The minimum atomic E-state index is -0.733. The number of rotatable bonds is 5. The van der Waals surface area contributed by atoms with Crippen LogP contribution in [0.15, 0.2) is 17.5 Å². The molecule has 1 saturated carbocycles. The molecule has 0 radical (unpaired) electrons. The smallest absolute Gasteiger partial charge is 0.305 e. The SMILES string of the molecule is CC1CCC(NC(CC(=O)O)c2cccs2)CC1C. The van der Waals surface area contributed by atoms with Crippen LogP contribution in [0.1, 0.15) is 50.4 Å². The van der Waals surface area contributed by atoms with Crippen LogP contribution in [0.25, 0.3) is 0 Å². The molecule has 0 aromatic carbocycles. The van der Waals surface area contributed by atoms with Gasteiger partial charge in [0.1, 0.15) is 0 Å². The molecule has 4 atom stereocenters. The molecule has 2 rings (SSSR count). The van der Waals surface area contributed by atoms with Crippen molar-refractivity contribution < 1.29 is 9.90 Å². The quantitative estimate of drug-likeness (QED) is 0.865. The lowest BCUT2D eigenvalue weighted by Crippen LogP contribution is -2.38. The summed E-state index contributed by atoms with van der Waals surface area (Å²) in [5, 5.41) is 14.7. The van der Waals surface area contributed by atoms with Crippen molar-refractivity contribution in [2.24, 2.45) is 11.8 Å². The van der Waals surface area contributed by atoms with Crippen molar-refractivity contribution in [3.8, 4) is 0 Å². The third-order valence-corrected chi connectivity index (χ3v) is 5.29. The predicted molar refractivity (Wildman–Crippen MR) is 78.4 cm³/mol. The highest BCUT2D eigenvalue weighted by Gasteiger charge is 2.27. The maximum absolute atomic E-state index is 11.0. The monoisotopic (exact) mass is 281 g/mol. The zero-order valence-corrected chi connectivity index (χ0v) is 12.5. The lowest BCUT2D eigenvalue weighted by molar-refractivity contribution is -0.137. The Morgan fingerprint density at radius 1 is 1.47 bits per heavy atom. The Hall–Kier alpha value is -0.870. The van der Waals surface area contributed by atoms with E-state index >= 15 is 0 Å². The first-order chi connectivity index (χ1) is 9.06. The lowest BCUT2D eigenvalue weighted by atomic mass is 9.79. The molecule has 0 saturated heterocycles. The number of nitrogens with one attached hydrogen (secondary N) is 1. The van der Waals surface area contributed by atoms with Crippen molar-refractivity contribution in [2.45, 2.75) is 51.6 Å². The van der Waals surface area contributed by atoms with E-state index in [4.69, 9.17) is 5.11 Å². The molecule has 1 fully saturated rings. The molecule has 0 bridgehead atoms. The molecule has 3 nitrogen and oxygen atoms in total. The average Bonchev–Trinajstić information content (AvgIpc) is 2.86. The Morgan fingerprint density at radius 3 is 2.84 bits per heavy atom. The fraction of sp³-hybridized carbons (Fsp3) is 0.667. The normalized spacial score (nSPS) is 29.1. The first-order valence-corrected chi connectivity index (χ1v) is 7.95. The van der Waals surface area contributed by atoms with Gasteiger partial charge in [0, 0.05) is 10.9 Å². The molecule has 1 aromatic rings. The molecule has 106 valence electrons. The first-order valence-electron chi connectivity index (χ1n) is 7.07. The van der Waals surface area contributed by atoms with Crippen molar-refractivity contribution in [3.63, 3.8) is 0 Å². The van der Waals surface area contributed by atoms with Gasteiger partial charge in [0.15, 0.2) is 0 Å². The van der Waals surface area contributed by atoms with E-state index in [1.165, 1.54) is 6.42 Å². The van der Waals surface area contributed by atoms with Crippen LogP contribution in [0.4, 0.5) is 0 Å². The Morgan fingerprint density at radius 2 is 2.26 bits per heavy atom. The highest BCUT2D eigenvalue weighted by molar-refractivity contribution is 7.10. The summed E-state index contributed by atoms with van der Waals surface area (Å²) in [6, 6.07) is 4.43. The predicted octanol–water partition coefficient (Wildman–Crippen LogP) is 3.68. The molecule has 1 aliphatic rings. The minimum Gasteiger partial charge on any atom is -0.481 e. The number of carbonyl (C=O) groups is 1. The maximum Gasteiger partial charge on any atom is 0.305 e. The fourth-order valence-electron chi connectivity index (χ4n) is 2.89. The van der Waals surface area contributed by atoms with Crippen LogP contribution < -0.4 is 5.32 Å². The van der Waals surface area contributed by atoms with Gasteiger partial charge >= 0.3 is 5.97 Å². The molecule has 0 aliphatic heterocycles. The zero-order valence-electron chi connectivity index (χ0n) is 11.6. The van der Waals surface area contributed by atoms with Crippen molar-refractivity contribution in [3.05, 3.63) is 22.4 Å². The average molecular weight is 281 g/mol. The summed E-state index contributed by atoms with van der Waals surface area (Å²) >= 11 is 1.64. The number of carboxylic acids is 1. The van der Waals surface area contributed by atoms with Crippen LogP contribution in [0, 0.1) is 11.8 Å². The Labute approximate surface area is 119 Å². The molecule has 0 amide bonds. The standard InChI is InChI=1S/C15H23NO2S/c1-10-5-6-12(8-11(10)2)16-13(9-15(17)18)14-4-3-7-19-14/h3-4,7,10-13,16H,5-6,8-9H2,1-2H3,(H,17,18). The first kappa shape index (κ1) is 14.5. The van der Waals surface area contributed by atoms with E-state index in [1.807, 2.05) is 17.5 Å². The number of thiophene rings is 1. The molecule has 4 unspecified atom stereocenters. The Kier molecular flexibility index (Phi) is 4.99. The van der Waals surface area contributed by atoms with Gasteiger partial charge in [0.25, 0.3) is 0 Å². The molecular weight excluding hydrogens is 258 g/mol. The summed E-state index contributed by atoms with van der Waals surface area (Å²) in [6.07, 6.45) is 3.72. The van der Waals surface area contributed by atoms with Gasteiger partial charge in [-0.2, -0.15) is 0 Å². The highest BCUT2D eigenvalue weighted by atomic mass is 32.1. The van der Waals surface area contributed by atoms with Crippen molar-refractivity contribution in [1.29, 1.82) is 0 Å². The van der Waals surface area contributed by atoms with Gasteiger partial charge in [-0.1, -0.05) is 19.9 Å². The molecule has 19 heavy (non-hydrogen) atoms. The van der Waals surface area contributed by atoms with Crippen LogP contribution >= 0.6 is 11.3 Å². The van der Waals surface area contributed by atoms with Gasteiger partial charge in [-0.05, 0) is 42.5 Å². The number of carboxylic acid groups (broad SMARTS) is 1. The second-order valence-corrected chi connectivity index (χ2v) is 6.78. The van der Waals surface area contributed by atoms with E-state index in [0.29, 0.717) is 6.04 Å². The molecular formula is C15H23NO2S. The van der Waals surface area contributed by atoms with E-state index in [-0.39, 0.29) is 12.5 Å². The number of hydrogen-bond acceptors (Lipinski definition) is 3. The van der Waals surface area contributed by atoms with Gasteiger partial charge in [0.2, 0.25) is 0 Å². The van der Waals surface area contributed by atoms with Crippen molar-refractivity contribution >= 4 is 17.3 Å². The van der Waals surface area contributed by atoms with Gasteiger partial charge in [0.05, 0.1) is 12.5 Å². The summed E-state index contributed by atoms with van der Waals surface area (Å²) in [5.74, 6) is 0.779. The molecule has 1 aliphatic carbocycles. The van der Waals surface area contributed by atoms with E-state index in [9.17, 15) is 4.79 Å². The molecule has 0 spiro atoms. The molecule has 1 heterocycles. The summed E-state index contributed by atoms with van der Waals surface area (Å²) in [5.41, 5.74) is 0. The lowest BCUT2D eigenvalue weighted by Gasteiger charge is -2.34. The van der Waals surface area contributed by atoms with Gasteiger partial charge in [-0.3, -0.25) is 4.79 Å². The fourth-order valence-corrected chi connectivity index (χ4v) is 3.68. The van der Waals surface area contributed by atoms with E-state index in [1.54, 1.807) is 11.3 Å². The molecule has 2 N–H and O–H groups in total. The summed E-state index contributed by atoms with van der Waals surface area (Å²) in [4.78, 5) is 12.2. The van der Waals surface area contributed by atoms with Crippen LogP contribution in [-0.2, 0) is 4.79 Å². The molecule has 4 heteroatoms. The van der Waals surface area contributed by atoms with E-state index in [2.05, 4.69) is 19.2 Å². The second-order valence-electron chi connectivity index (χ2n) is 5.80. The van der Waals surface area contributed by atoms with Crippen LogP contribution in [0.2, 0.25) is 0 Å². The number of aliphatic carboxylic acids is 1. The van der Waals surface area contributed by atoms with Gasteiger partial charge < -0.3 is 10.4 Å². The minimum absolute atomic E-state index is 0.0388. The highest BCUT2D eigenvalue weighted by Crippen LogP contribution is 2.32. The molecule has 1 aromatic heterocycles. The zero-order chi connectivity index (χ0) is 13.8. The largest absolute Gasteiger partial charge is 0.481 e. The van der Waals surface area contributed by atoms with Gasteiger partial charge in [-0.15, -0.1) is 11.3 Å². The van der Waals surface area contributed by atoms with Crippen LogP contribution in [0.5, 0.6) is 0 Å². The van der Waals surface area contributed by atoms with Crippen LogP contribution in [0.3, 0.4) is 0 Å². The number of hydrogen-bond donors (Lipinski definition) is 2. The van der Waals surface area contributed by atoms with Crippen molar-refractivity contribution in [2.75, 3.05) is 0 Å². The third-order valence-electron chi connectivity index (χ3n) is 4.30. The van der Waals surface area contributed by atoms with Crippen LogP contribution in [-0.4, -0.2) is 17.1 Å².